The quantitative estimate of drug-likeness (QED) is 0.210. The maximum atomic E-state index is 13.1. The molecule has 5 N–H and O–H groups in total. The summed E-state index contributed by atoms with van der Waals surface area (Å²) in [6.07, 6.45) is -4.64. The summed E-state index contributed by atoms with van der Waals surface area (Å²) in [5.41, 5.74) is 8.15. The Hall–Kier alpha value is -5.46. The number of amides is 2. The molecule has 2 aromatic carbocycles. The zero-order valence-electron chi connectivity index (χ0n) is 21.7. The molecule has 0 saturated heterocycles. The SMILES string of the molecule is Cc1nn(-c2ccccc2)c(C)c1C(=O)Nc1ccc(-c2[nH]nc(Nc3cccc(C(F)(F)F)n3)c2C(N)=O)cc1. The van der Waals surface area contributed by atoms with Crippen LogP contribution >= 0.6 is 0 Å². The molecule has 10 nitrogen and oxygen atoms in total. The average Bonchev–Trinajstić information content (AvgIpc) is 3.49. The first-order valence-corrected chi connectivity index (χ1v) is 12.3. The molecule has 41 heavy (non-hydrogen) atoms. The van der Waals surface area contributed by atoms with E-state index in [2.05, 4.69) is 30.9 Å². The summed E-state index contributed by atoms with van der Waals surface area (Å²) < 4.78 is 40.8. The molecule has 0 spiro atoms. The van der Waals surface area contributed by atoms with Crippen LogP contribution in [-0.4, -0.2) is 36.8 Å². The Bertz CT molecular complexity index is 1740. The van der Waals surface area contributed by atoms with Crippen molar-refractivity contribution in [3.8, 4) is 16.9 Å². The second-order valence-electron chi connectivity index (χ2n) is 9.04. The van der Waals surface area contributed by atoms with Crippen LogP contribution in [0.1, 0.15) is 37.8 Å². The van der Waals surface area contributed by atoms with Crippen LogP contribution in [0, 0.1) is 13.8 Å². The van der Waals surface area contributed by atoms with E-state index in [4.69, 9.17) is 5.73 Å². The normalized spacial score (nSPS) is 11.3. The third-order valence-electron chi connectivity index (χ3n) is 6.25. The number of benzene rings is 2. The molecule has 2 amide bonds. The molecule has 0 aliphatic rings. The van der Waals surface area contributed by atoms with E-state index in [9.17, 15) is 22.8 Å². The molecule has 0 saturated carbocycles. The first kappa shape index (κ1) is 27.1. The van der Waals surface area contributed by atoms with E-state index in [1.165, 1.54) is 12.1 Å². The molecule has 0 aliphatic heterocycles. The Morgan fingerprint density at radius 1 is 0.927 bits per heavy atom. The lowest BCUT2D eigenvalue weighted by Crippen LogP contribution is -2.14. The Kier molecular flexibility index (Phi) is 7.01. The lowest BCUT2D eigenvalue weighted by molar-refractivity contribution is -0.141. The number of aryl methyl sites for hydroxylation is 1. The zero-order chi connectivity index (χ0) is 29.3. The summed E-state index contributed by atoms with van der Waals surface area (Å²) >= 11 is 0. The van der Waals surface area contributed by atoms with Gasteiger partial charge in [-0.2, -0.15) is 23.4 Å². The molecule has 0 radical (unpaired) electrons. The van der Waals surface area contributed by atoms with E-state index < -0.39 is 17.8 Å². The molecular weight excluding hydrogens is 537 g/mol. The molecule has 5 aromatic rings. The Morgan fingerprint density at radius 3 is 2.29 bits per heavy atom. The summed E-state index contributed by atoms with van der Waals surface area (Å²) in [5, 5.41) is 16.7. The number of nitrogens with two attached hydrogens (primary N) is 1. The van der Waals surface area contributed by atoms with Crippen molar-refractivity contribution < 1.29 is 22.8 Å². The van der Waals surface area contributed by atoms with Gasteiger partial charge in [-0.1, -0.05) is 36.4 Å². The van der Waals surface area contributed by atoms with Crippen molar-refractivity contribution in [3.63, 3.8) is 0 Å². The number of nitrogens with one attached hydrogen (secondary N) is 3. The minimum absolute atomic E-state index is 0.0689. The molecule has 5 rings (SSSR count). The zero-order valence-corrected chi connectivity index (χ0v) is 21.7. The number of hydrogen-bond acceptors (Lipinski definition) is 6. The number of H-pyrrole nitrogens is 1. The van der Waals surface area contributed by atoms with Gasteiger partial charge in [-0.3, -0.25) is 14.7 Å². The van der Waals surface area contributed by atoms with Crippen LogP contribution in [0.2, 0.25) is 0 Å². The van der Waals surface area contributed by atoms with Crippen molar-refractivity contribution in [1.82, 2.24) is 25.0 Å². The number of hydrogen-bond donors (Lipinski definition) is 4. The molecule has 3 heterocycles. The number of nitrogens with zero attached hydrogens (tertiary/aromatic N) is 4. The van der Waals surface area contributed by atoms with Gasteiger partial charge in [0.15, 0.2) is 5.82 Å². The van der Waals surface area contributed by atoms with E-state index in [0.29, 0.717) is 28.2 Å². The highest BCUT2D eigenvalue weighted by atomic mass is 19.4. The molecular formula is C28H23F3N8O2. The van der Waals surface area contributed by atoms with Crippen molar-refractivity contribution in [2.45, 2.75) is 20.0 Å². The number of aromatic nitrogens is 5. The van der Waals surface area contributed by atoms with Gasteiger partial charge in [0.25, 0.3) is 11.8 Å². The summed E-state index contributed by atoms with van der Waals surface area (Å²) in [7, 11) is 0. The second kappa shape index (κ2) is 10.6. The fraction of sp³-hybridized carbons (Fsp3) is 0.107. The van der Waals surface area contributed by atoms with Crippen LogP contribution in [0.15, 0.2) is 72.8 Å². The highest BCUT2D eigenvalue weighted by Gasteiger charge is 2.32. The maximum absolute atomic E-state index is 13.1. The van der Waals surface area contributed by atoms with Gasteiger partial charge in [0, 0.05) is 11.3 Å². The van der Waals surface area contributed by atoms with Crippen LogP contribution in [0.4, 0.5) is 30.5 Å². The van der Waals surface area contributed by atoms with Crippen LogP contribution in [0.3, 0.4) is 0 Å². The van der Waals surface area contributed by atoms with E-state index >= 15 is 0 Å². The number of halogens is 3. The Balaban J connectivity index is 1.37. The topological polar surface area (TPSA) is 144 Å². The van der Waals surface area contributed by atoms with Gasteiger partial charge in [-0.15, -0.1) is 0 Å². The molecule has 13 heteroatoms. The lowest BCUT2D eigenvalue weighted by atomic mass is 10.1. The van der Waals surface area contributed by atoms with Crippen molar-refractivity contribution in [1.29, 1.82) is 0 Å². The van der Waals surface area contributed by atoms with Crippen LogP contribution < -0.4 is 16.4 Å². The van der Waals surface area contributed by atoms with Gasteiger partial charge in [-0.05, 0) is 50.2 Å². The predicted octanol–water partition coefficient (Wildman–Crippen LogP) is 5.39. The Labute approximate surface area is 231 Å². The first-order chi connectivity index (χ1) is 19.5. The first-order valence-electron chi connectivity index (χ1n) is 12.3. The van der Waals surface area contributed by atoms with Gasteiger partial charge in [-0.25, -0.2) is 9.67 Å². The van der Waals surface area contributed by atoms with E-state index in [0.717, 1.165) is 11.8 Å². The van der Waals surface area contributed by atoms with Crippen LogP contribution in [0.5, 0.6) is 0 Å². The molecule has 0 fully saturated rings. The van der Waals surface area contributed by atoms with Crippen molar-refractivity contribution in [2.75, 3.05) is 10.6 Å². The lowest BCUT2D eigenvalue weighted by Gasteiger charge is -2.09. The smallest absolute Gasteiger partial charge is 0.365 e. The number of para-hydroxylation sites is 1. The molecule has 0 bridgehead atoms. The number of pyridine rings is 1. The summed E-state index contributed by atoms with van der Waals surface area (Å²) in [6, 6.07) is 19.3. The fourth-order valence-electron chi connectivity index (χ4n) is 4.37. The minimum Gasteiger partial charge on any atom is -0.365 e. The molecule has 0 aliphatic carbocycles. The fourth-order valence-corrected chi connectivity index (χ4v) is 4.37. The number of carbonyl (C=O) groups excluding carboxylic acids is 2. The number of carbonyl (C=O) groups is 2. The number of alkyl halides is 3. The molecule has 208 valence electrons. The highest BCUT2D eigenvalue weighted by Crippen LogP contribution is 2.31. The number of rotatable bonds is 7. The van der Waals surface area contributed by atoms with E-state index in [1.54, 1.807) is 35.9 Å². The van der Waals surface area contributed by atoms with Crippen LogP contribution in [0.25, 0.3) is 16.9 Å². The summed E-state index contributed by atoms with van der Waals surface area (Å²) in [4.78, 5) is 29.0. The largest absolute Gasteiger partial charge is 0.433 e. The van der Waals surface area contributed by atoms with Crippen molar-refractivity contribution in [2.24, 2.45) is 5.73 Å². The number of primary amides is 1. The molecule has 3 aromatic heterocycles. The van der Waals surface area contributed by atoms with Gasteiger partial charge in [0.1, 0.15) is 17.1 Å². The van der Waals surface area contributed by atoms with Gasteiger partial charge < -0.3 is 16.4 Å². The Morgan fingerprint density at radius 2 is 1.63 bits per heavy atom. The van der Waals surface area contributed by atoms with Gasteiger partial charge in [0.2, 0.25) is 0 Å². The van der Waals surface area contributed by atoms with E-state index in [1.807, 2.05) is 37.3 Å². The monoisotopic (exact) mass is 560 g/mol. The third kappa shape index (κ3) is 5.50. The predicted molar refractivity (Wildman–Crippen MR) is 146 cm³/mol. The summed E-state index contributed by atoms with van der Waals surface area (Å²) in [5.74, 6) is -1.45. The standard InChI is InChI=1S/C28H23F3N8O2/c1-15-22(16(2)39(38-15)19-7-4-3-5-8-19)27(41)33-18-13-11-17(12-14-18)24-23(25(32)40)26(37-36-24)35-21-10-6-9-20(34-21)28(29,30)31/h3-14H,1-2H3,(H2,32,40)(H,33,41)(H2,34,35,36,37). The van der Waals surface area contributed by atoms with Crippen molar-refractivity contribution in [3.05, 3.63) is 101 Å². The van der Waals surface area contributed by atoms with Gasteiger partial charge >= 0.3 is 6.18 Å². The third-order valence-corrected chi connectivity index (χ3v) is 6.25. The van der Waals surface area contributed by atoms with E-state index in [-0.39, 0.29) is 28.8 Å². The number of aromatic amines is 1. The van der Waals surface area contributed by atoms with Crippen molar-refractivity contribution >= 4 is 29.1 Å². The maximum Gasteiger partial charge on any atom is 0.433 e. The second-order valence-corrected chi connectivity index (χ2v) is 9.04. The minimum atomic E-state index is -4.64. The molecule has 0 atom stereocenters. The highest BCUT2D eigenvalue weighted by molar-refractivity contribution is 6.06. The molecule has 0 unspecified atom stereocenters. The number of anilines is 3. The van der Waals surface area contributed by atoms with Crippen LogP contribution in [-0.2, 0) is 6.18 Å². The summed E-state index contributed by atoms with van der Waals surface area (Å²) in [6.45, 7) is 3.57. The average molecular weight is 561 g/mol. The van der Waals surface area contributed by atoms with Gasteiger partial charge in [0.05, 0.1) is 28.3 Å².